The lowest BCUT2D eigenvalue weighted by molar-refractivity contribution is -0.124. The molecule has 0 aliphatic carbocycles. The fourth-order valence-electron chi connectivity index (χ4n) is 3.90. The van der Waals surface area contributed by atoms with Crippen LogP contribution in [0.4, 0.5) is 11.4 Å². The van der Waals surface area contributed by atoms with Crippen LogP contribution in [0.2, 0.25) is 5.02 Å². The molecule has 1 saturated heterocycles. The Balaban J connectivity index is 1.54. The summed E-state index contributed by atoms with van der Waals surface area (Å²) in [6, 6.07) is 23.3. The summed E-state index contributed by atoms with van der Waals surface area (Å²) >= 11 is 11.9. The lowest BCUT2D eigenvalue weighted by atomic mass is 10.1. The van der Waals surface area contributed by atoms with E-state index in [1.807, 2.05) is 35.2 Å². The number of rotatable bonds is 8. The van der Waals surface area contributed by atoms with Gasteiger partial charge in [0.2, 0.25) is 5.91 Å². The van der Waals surface area contributed by atoms with Gasteiger partial charge in [0, 0.05) is 17.3 Å². The van der Waals surface area contributed by atoms with Crippen LogP contribution in [0.5, 0.6) is 5.75 Å². The van der Waals surface area contributed by atoms with Crippen LogP contribution in [-0.2, 0) is 16.0 Å². The lowest BCUT2D eigenvalue weighted by Crippen LogP contribution is -2.39. The first-order valence-electron chi connectivity index (χ1n) is 10.8. The normalized spacial score (nSPS) is 15.5. The van der Waals surface area contributed by atoms with E-state index in [0.29, 0.717) is 40.2 Å². The van der Waals surface area contributed by atoms with E-state index in [2.05, 4.69) is 5.32 Å². The maximum Gasteiger partial charge on any atom is 0.256 e. The Hall–Kier alpha value is -3.42. The van der Waals surface area contributed by atoms with Gasteiger partial charge in [0.1, 0.15) is 11.8 Å². The molecule has 1 aliphatic rings. The molecule has 1 N–H and O–H groups in total. The number of carbonyl (C=O) groups is 2. The van der Waals surface area contributed by atoms with E-state index in [1.54, 1.807) is 55.6 Å². The highest BCUT2D eigenvalue weighted by Crippen LogP contribution is 2.29. The average Bonchev–Trinajstić information content (AvgIpc) is 3.07. The second-order valence-electron chi connectivity index (χ2n) is 7.86. The number of amides is 2. The number of benzene rings is 3. The van der Waals surface area contributed by atoms with E-state index in [1.165, 1.54) is 4.90 Å². The highest BCUT2D eigenvalue weighted by Gasteiger charge is 2.43. The summed E-state index contributed by atoms with van der Waals surface area (Å²) in [5.41, 5.74) is 2.34. The molecular formula is C26H24ClN3O3S. The molecule has 0 spiro atoms. The van der Waals surface area contributed by atoms with Crippen LogP contribution >= 0.6 is 23.8 Å². The van der Waals surface area contributed by atoms with Crippen LogP contribution in [0.15, 0.2) is 78.9 Å². The standard InChI is InChI=1S/C26H24ClN3O3S/c1-33-22-12-10-20(11-13-22)28-24(31)17-23-25(32)30(21-9-5-8-19(27)16-21)26(34)29(23)15-14-18-6-3-2-4-7-18/h2-13,16,23H,14-15,17H2,1H3,(H,28,31). The summed E-state index contributed by atoms with van der Waals surface area (Å²) < 4.78 is 5.15. The topological polar surface area (TPSA) is 61.9 Å². The molecule has 0 bridgehead atoms. The van der Waals surface area contributed by atoms with Crippen molar-refractivity contribution in [3.05, 3.63) is 89.4 Å². The molecule has 8 heteroatoms. The minimum absolute atomic E-state index is 0.0309. The minimum Gasteiger partial charge on any atom is -0.497 e. The fraction of sp³-hybridized carbons (Fsp3) is 0.192. The van der Waals surface area contributed by atoms with Gasteiger partial charge < -0.3 is 15.0 Å². The van der Waals surface area contributed by atoms with E-state index >= 15 is 0 Å². The van der Waals surface area contributed by atoms with Crippen molar-refractivity contribution in [1.29, 1.82) is 0 Å². The van der Waals surface area contributed by atoms with Gasteiger partial charge >= 0.3 is 0 Å². The fourth-order valence-corrected chi connectivity index (χ4v) is 4.49. The summed E-state index contributed by atoms with van der Waals surface area (Å²) in [7, 11) is 1.58. The molecule has 3 aromatic rings. The van der Waals surface area contributed by atoms with Crippen LogP contribution in [0.3, 0.4) is 0 Å². The van der Waals surface area contributed by atoms with Gasteiger partial charge in [0.25, 0.3) is 5.91 Å². The Morgan fingerprint density at radius 2 is 1.79 bits per heavy atom. The van der Waals surface area contributed by atoms with E-state index in [9.17, 15) is 9.59 Å². The van der Waals surface area contributed by atoms with Crippen molar-refractivity contribution in [3.63, 3.8) is 0 Å². The quantitative estimate of drug-likeness (QED) is 0.451. The third-order valence-electron chi connectivity index (χ3n) is 5.62. The van der Waals surface area contributed by atoms with E-state index < -0.39 is 6.04 Å². The van der Waals surface area contributed by atoms with Crippen LogP contribution in [0.25, 0.3) is 0 Å². The second kappa shape index (κ2) is 10.7. The first-order chi connectivity index (χ1) is 16.5. The van der Waals surface area contributed by atoms with Crippen LogP contribution < -0.4 is 15.0 Å². The molecule has 1 unspecified atom stereocenters. The number of methoxy groups -OCH3 is 1. The number of anilines is 2. The number of nitrogens with one attached hydrogen (secondary N) is 1. The van der Waals surface area contributed by atoms with E-state index in [0.717, 1.165) is 5.56 Å². The third-order valence-corrected chi connectivity index (χ3v) is 6.27. The first kappa shape index (κ1) is 23.7. The van der Waals surface area contributed by atoms with Gasteiger partial charge in [-0.1, -0.05) is 48.0 Å². The van der Waals surface area contributed by atoms with Gasteiger partial charge in [-0.15, -0.1) is 0 Å². The Labute approximate surface area is 209 Å². The largest absolute Gasteiger partial charge is 0.497 e. The summed E-state index contributed by atoms with van der Waals surface area (Å²) in [6.45, 7) is 0.506. The Kier molecular flexibility index (Phi) is 7.45. The molecule has 1 heterocycles. The summed E-state index contributed by atoms with van der Waals surface area (Å²) in [6.07, 6.45) is 0.658. The predicted octanol–water partition coefficient (Wildman–Crippen LogP) is 4.92. The third kappa shape index (κ3) is 5.38. The first-order valence-corrected chi connectivity index (χ1v) is 11.6. The SMILES string of the molecule is COc1ccc(NC(=O)CC2C(=O)N(c3cccc(Cl)c3)C(=S)N2CCc2ccccc2)cc1. The summed E-state index contributed by atoms with van der Waals surface area (Å²) in [5, 5.41) is 3.73. The molecule has 6 nitrogen and oxygen atoms in total. The number of carbonyl (C=O) groups excluding carboxylic acids is 2. The number of hydrogen-bond donors (Lipinski definition) is 1. The molecule has 1 aliphatic heterocycles. The average molecular weight is 494 g/mol. The lowest BCUT2D eigenvalue weighted by Gasteiger charge is -2.24. The summed E-state index contributed by atoms with van der Waals surface area (Å²) in [4.78, 5) is 29.7. The maximum absolute atomic E-state index is 13.5. The van der Waals surface area contributed by atoms with Crippen molar-refractivity contribution in [2.24, 2.45) is 0 Å². The van der Waals surface area contributed by atoms with Gasteiger partial charge in [-0.05, 0) is 66.7 Å². The van der Waals surface area contributed by atoms with Crippen molar-refractivity contribution < 1.29 is 14.3 Å². The van der Waals surface area contributed by atoms with Gasteiger partial charge in [0.15, 0.2) is 5.11 Å². The molecule has 1 atom stereocenters. The van der Waals surface area contributed by atoms with Crippen LogP contribution in [-0.4, -0.2) is 41.5 Å². The molecular weight excluding hydrogens is 470 g/mol. The van der Waals surface area contributed by atoms with Crippen LogP contribution in [0, 0.1) is 0 Å². The molecule has 174 valence electrons. The molecule has 0 radical (unpaired) electrons. The van der Waals surface area contributed by atoms with Gasteiger partial charge in [-0.2, -0.15) is 0 Å². The Bertz CT molecular complexity index is 1190. The molecule has 1 fully saturated rings. The molecule has 3 aromatic carbocycles. The van der Waals surface area contributed by atoms with Crippen molar-refractivity contribution in [2.45, 2.75) is 18.9 Å². The zero-order chi connectivity index (χ0) is 24.1. The Morgan fingerprint density at radius 1 is 1.06 bits per heavy atom. The molecule has 34 heavy (non-hydrogen) atoms. The highest BCUT2D eigenvalue weighted by atomic mass is 35.5. The summed E-state index contributed by atoms with van der Waals surface area (Å²) in [5.74, 6) is 0.174. The predicted molar refractivity (Wildman–Crippen MR) is 138 cm³/mol. The number of hydrogen-bond acceptors (Lipinski definition) is 4. The minimum atomic E-state index is -0.714. The number of nitrogens with zero attached hydrogens (tertiary/aromatic N) is 2. The van der Waals surface area contributed by atoms with E-state index in [-0.39, 0.29) is 18.2 Å². The maximum atomic E-state index is 13.5. The van der Waals surface area contributed by atoms with Crippen molar-refractivity contribution in [1.82, 2.24) is 4.90 Å². The monoisotopic (exact) mass is 493 g/mol. The number of halogens is 1. The molecule has 0 saturated carbocycles. The number of thiocarbonyl (C=S) groups is 1. The van der Waals surface area contributed by atoms with Crippen LogP contribution in [0.1, 0.15) is 12.0 Å². The smallest absolute Gasteiger partial charge is 0.256 e. The van der Waals surface area contributed by atoms with E-state index in [4.69, 9.17) is 28.6 Å². The highest BCUT2D eigenvalue weighted by molar-refractivity contribution is 7.80. The van der Waals surface area contributed by atoms with Crippen molar-refractivity contribution in [3.8, 4) is 5.75 Å². The number of ether oxygens (including phenoxy) is 1. The zero-order valence-corrected chi connectivity index (χ0v) is 20.2. The van der Waals surface area contributed by atoms with Crippen molar-refractivity contribution >= 4 is 52.1 Å². The van der Waals surface area contributed by atoms with Gasteiger partial charge in [0.05, 0.1) is 19.2 Å². The second-order valence-corrected chi connectivity index (χ2v) is 8.66. The molecule has 2 amide bonds. The molecule has 4 rings (SSSR count). The van der Waals surface area contributed by atoms with Gasteiger partial charge in [-0.3, -0.25) is 14.5 Å². The molecule has 0 aromatic heterocycles. The van der Waals surface area contributed by atoms with Gasteiger partial charge in [-0.25, -0.2) is 0 Å². The Morgan fingerprint density at radius 3 is 2.47 bits per heavy atom. The zero-order valence-electron chi connectivity index (χ0n) is 18.6. The van der Waals surface area contributed by atoms with Crippen molar-refractivity contribution in [2.75, 3.05) is 23.9 Å².